The zero-order chi connectivity index (χ0) is 35.5. The molecule has 0 radical (unpaired) electrons. The van der Waals surface area contributed by atoms with E-state index in [1.54, 1.807) is 20.8 Å². The van der Waals surface area contributed by atoms with Crippen molar-refractivity contribution >= 4 is 75.0 Å². The Bertz CT molecular complexity index is 1830. The number of anilines is 1. The molecule has 2 atom stereocenters. The number of rotatable bonds is 11. The van der Waals surface area contributed by atoms with E-state index in [0.717, 1.165) is 22.3 Å². The fourth-order valence-electron chi connectivity index (χ4n) is 5.99. The molecule has 3 aromatic carbocycles. The average Bonchev–Trinajstić information content (AvgIpc) is 3.59. The highest BCUT2D eigenvalue weighted by Gasteiger charge is 2.55. The van der Waals surface area contributed by atoms with Crippen LogP contribution in [0.5, 0.6) is 0 Å². The second-order valence-electron chi connectivity index (χ2n) is 12.6. The molecule has 2 aliphatic heterocycles. The number of alkyl halides is 1. The van der Waals surface area contributed by atoms with Crippen LogP contribution < -0.4 is 10.6 Å². The lowest BCUT2D eigenvalue weighted by Crippen LogP contribution is -2.71. The van der Waals surface area contributed by atoms with Gasteiger partial charge in [0.05, 0.1) is 0 Å². The molecule has 1 fully saturated rings. The molecule has 6 rings (SSSR count). The Labute approximate surface area is 312 Å². The Hall–Kier alpha value is -4.21. The van der Waals surface area contributed by atoms with E-state index < -0.39 is 40.3 Å². The highest BCUT2D eigenvalue weighted by molar-refractivity contribution is 14.1. The van der Waals surface area contributed by atoms with Crippen molar-refractivity contribution in [2.24, 2.45) is 5.16 Å². The summed E-state index contributed by atoms with van der Waals surface area (Å²) in [4.78, 5) is 51.8. The second-order valence-corrected chi connectivity index (χ2v) is 15.3. The predicted octanol–water partition coefficient (Wildman–Crippen LogP) is 6.33. The fourth-order valence-corrected chi connectivity index (χ4v) is 9.06. The molecule has 50 heavy (non-hydrogen) atoms. The van der Waals surface area contributed by atoms with Gasteiger partial charge in [-0.25, -0.2) is 9.78 Å². The van der Waals surface area contributed by atoms with Gasteiger partial charge in [-0.15, -0.1) is 23.1 Å². The molecule has 3 heterocycles. The third-order valence-electron chi connectivity index (χ3n) is 8.13. The van der Waals surface area contributed by atoms with Crippen LogP contribution in [-0.2, 0) is 29.5 Å². The number of nitrogens with zero attached hydrogens (tertiary/aromatic N) is 3. The molecule has 2 aliphatic rings. The first kappa shape index (κ1) is 35.6. The lowest BCUT2D eigenvalue weighted by Gasteiger charge is -2.49. The van der Waals surface area contributed by atoms with Crippen molar-refractivity contribution in [2.45, 2.75) is 43.3 Å². The number of hydrogen-bond donors (Lipinski definition) is 2. The van der Waals surface area contributed by atoms with Gasteiger partial charge in [0.2, 0.25) is 5.71 Å². The number of fused-ring (bicyclic) bond motifs is 1. The monoisotopic (exact) mass is 821 g/mol. The van der Waals surface area contributed by atoms with E-state index in [1.807, 2.05) is 60.0 Å². The fraction of sp³-hybridized carbons (Fsp3) is 0.270. The summed E-state index contributed by atoms with van der Waals surface area (Å²) < 4.78 is 6.20. The van der Waals surface area contributed by atoms with E-state index in [0.29, 0.717) is 21.0 Å². The first-order valence-electron chi connectivity index (χ1n) is 15.9. The standard InChI is InChI=1S/C37H36IN5O5S2/c1-36(2,3)48-35(46)30-23(20-38)21-50-34-29(33(45)43(30)34)40-31(44)28(42-47-4)32-39-27(22-49-32)41-37(24-14-8-5-9-15-24,25-16-10-6-11-17-25)26-18-12-7-13-19-26/h5-19,22,29,34,41H,20-21H2,1-4H3,(H,40,44)/b42-28+/t29-,34-/m1/s1. The number of carbonyl (C=O) groups is 3. The van der Waals surface area contributed by atoms with Gasteiger partial charge in [0, 0.05) is 15.6 Å². The van der Waals surface area contributed by atoms with Crippen LogP contribution in [-0.4, -0.2) is 67.7 Å². The molecule has 0 spiro atoms. The Morgan fingerprint density at radius 1 is 0.960 bits per heavy atom. The van der Waals surface area contributed by atoms with Gasteiger partial charge < -0.3 is 20.2 Å². The summed E-state index contributed by atoms with van der Waals surface area (Å²) in [5.74, 6) is -0.505. The third-order valence-corrected chi connectivity index (χ3v) is 11.2. The van der Waals surface area contributed by atoms with Crippen molar-refractivity contribution < 1.29 is 24.0 Å². The number of aromatic nitrogens is 1. The van der Waals surface area contributed by atoms with E-state index in [9.17, 15) is 14.4 Å². The van der Waals surface area contributed by atoms with Crippen LogP contribution in [0.25, 0.3) is 0 Å². The molecule has 13 heteroatoms. The molecule has 0 bridgehead atoms. The van der Waals surface area contributed by atoms with Gasteiger partial charge in [-0.2, -0.15) is 0 Å². The number of ether oxygens (including phenoxy) is 1. The number of β-lactam (4-membered cyclic amide) rings is 1. The van der Waals surface area contributed by atoms with Gasteiger partial charge in [-0.05, 0) is 43.0 Å². The van der Waals surface area contributed by atoms with Crippen molar-refractivity contribution in [1.29, 1.82) is 0 Å². The number of amides is 2. The maximum absolute atomic E-state index is 13.8. The number of esters is 1. The summed E-state index contributed by atoms with van der Waals surface area (Å²) in [5, 5.41) is 12.2. The van der Waals surface area contributed by atoms with E-state index in [1.165, 1.54) is 35.1 Å². The van der Waals surface area contributed by atoms with E-state index in [-0.39, 0.29) is 11.4 Å². The number of benzene rings is 3. The van der Waals surface area contributed by atoms with Crippen LogP contribution in [0, 0.1) is 0 Å². The first-order valence-corrected chi connectivity index (χ1v) is 19.3. The van der Waals surface area contributed by atoms with Crippen molar-refractivity contribution in [3.63, 3.8) is 0 Å². The topological polar surface area (TPSA) is 122 Å². The number of nitrogens with one attached hydrogen (secondary N) is 2. The Morgan fingerprint density at radius 3 is 2.02 bits per heavy atom. The normalized spacial score (nSPS) is 17.8. The lowest BCUT2D eigenvalue weighted by molar-refractivity contribution is -0.158. The van der Waals surface area contributed by atoms with Gasteiger partial charge in [-0.1, -0.05) is 119 Å². The second kappa shape index (κ2) is 15.0. The molecule has 2 N–H and O–H groups in total. The zero-order valence-corrected chi connectivity index (χ0v) is 31.7. The number of thiazole rings is 1. The number of oxime groups is 1. The molecule has 2 amide bonds. The third kappa shape index (κ3) is 7.03. The van der Waals surface area contributed by atoms with E-state index in [2.05, 4.69) is 74.8 Å². The summed E-state index contributed by atoms with van der Waals surface area (Å²) in [5.41, 5.74) is 2.45. The SMILES string of the molecule is CO/N=C(\C(=O)N[C@@H]1C(=O)N2C(C(=O)OC(C)(C)C)=C(CI)CS[C@H]12)c1nc(NC(c2ccccc2)(c2ccccc2)c2ccccc2)cs1. The summed E-state index contributed by atoms with van der Waals surface area (Å²) in [7, 11) is 1.35. The molecular formula is C37H36IN5O5S2. The summed E-state index contributed by atoms with van der Waals surface area (Å²) in [6.07, 6.45) is 0. The van der Waals surface area contributed by atoms with Crippen molar-refractivity contribution in [3.05, 3.63) is 129 Å². The van der Waals surface area contributed by atoms with Crippen LogP contribution in [0.15, 0.2) is 113 Å². The van der Waals surface area contributed by atoms with Gasteiger partial charge in [0.25, 0.3) is 11.8 Å². The minimum atomic E-state index is -0.873. The quantitative estimate of drug-likeness (QED) is 0.0343. The van der Waals surface area contributed by atoms with Gasteiger partial charge in [0.1, 0.15) is 41.2 Å². The predicted molar refractivity (Wildman–Crippen MR) is 205 cm³/mol. The largest absolute Gasteiger partial charge is 0.455 e. The van der Waals surface area contributed by atoms with E-state index in [4.69, 9.17) is 14.6 Å². The highest BCUT2D eigenvalue weighted by atomic mass is 127. The number of hydrogen-bond acceptors (Lipinski definition) is 10. The minimum Gasteiger partial charge on any atom is -0.455 e. The van der Waals surface area contributed by atoms with Gasteiger partial charge >= 0.3 is 5.97 Å². The van der Waals surface area contributed by atoms with Gasteiger partial charge in [0.15, 0.2) is 5.01 Å². The molecule has 1 aromatic heterocycles. The first-order chi connectivity index (χ1) is 24.1. The van der Waals surface area contributed by atoms with Crippen molar-refractivity contribution in [3.8, 4) is 0 Å². The summed E-state index contributed by atoms with van der Waals surface area (Å²) in [6, 6.07) is 29.5. The van der Waals surface area contributed by atoms with Crippen LogP contribution in [0.1, 0.15) is 42.5 Å². The molecule has 0 saturated carbocycles. The summed E-state index contributed by atoms with van der Waals surface area (Å²) in [6.45, 7) is 5.35. The lowest BCUT2D eigenvalue weighted by atomic mass is 9.77. The maximum atomic E-state index is 13.8. The Kier molecular flexibility index (Phi) is 10.6. The van der Waals surface area contributed by atoms with Crippen molar-refractivity contribution in [2.75, 3.05) is 22.6 Å². The van der Waals surface area contributed by atoms with Crippen LogP contribution in [0.3, 0.4) is 0 Å². The van der Waals surface area contributed by atoms with Crippen LogP contribution >= 0.6 is 45.7 Å². The van der Waals surface area contributed by atoms with Crippen molar-refractivity contribution in [1.82, 2.24) is 15.2 Å². The molecule has 10 nitrogen and oxygen atoms in total. The van der Waals surface area contributed by atoms with E-state index >= 15 is 0 Å². The molecular weight excluding hydrogens is 785 g/mol. The molecule has 258 valence electrons. The smallest absolute Gasteiger partial charge is 0.355 e. The Morgan fingerprint density at radius 2 is 1.52 bits per heavy atom. The average molecular weight is 822 g/mol. The molecule has 0 unspecified atom stereocenters. The minimum absolute atomic E-state index is 0.0711. The maximum Gasteiger partial charge on any atom is 0.355 e. The highest BCUT2D eigenvalue weighted by Crippen LogP contribution is 2.42. The van der Waals surface area contributed by atoms with Crippen LogP contribution in [0.2, 0.25) is 0 Å². The Balaban J connectivity index is 1.27. The molecule has 0 aliphatic carbocycles. The molecule has 4 aromatic rings. The van der Waals surface area contributed by atoms with Crippen LogP contribution in [0.4, 0.5) is 5.82 Å². The number of thioether (sulfide) groups is 1. The zero-order valence-electron chi connectivity index (χ0n) is 27.9. The summed E-state index contributed by atoms with van der Waals surface area (Å²) >= 11 is 4.90. The number of halogens is 1. The number of carbonyl (C=O) groups excluding carboxylic acids is 3. The molecule has 1 saturated heterocycles. The van der Waals surface area contributed by atoms with Gasteiger partial charge in [-0.3, -0.25) is 14.5 Å².